The van der Waals surface area contributed by atoms with Gasteiger partial charge in [-0.05, 0) is 31.9 Å². The fourth-order valence-electron chi connectivity index (χ4n) is 2.73. The predicted molar refractivity (Wildman–Crippen MR) is 86.7 cm³/mol. The second-order valence-corrected chi connectivity index (χ2v) is 5.90. The van der Waals surface area contributed by atoms with Gasteiger partial charge in [0.2, 0.25) is 0 Å². The summed E-state index contributed by atoms with van der Waals surface area (Å²) in [7, 11) is 0. The summed E-state index contributed by atoms with van der Waals surface area (Å²) in [5.74, 6) is 0.334. The van der Waals surface area contributed by atoms with Crippen molar-refractivity contribution >= 4 is 23.2 Å². The Balaban J connectivity index is 1.77. The van der Waals surface area contributed by atoms with Gasteiger partial charge in [0, 0.05) is 24.9 Å². The van der Waals surface area contributed by atoms with Gasteiger partial charge in [-0.3, -0.25) is 9.59 Å². The number of ether oxygens (including phenoxy) is 2. The highest BCUT2D eigenvalue weighted by Crippen LogP contribution is 2.35. The van der Waals surface area contributed by atoms with Gasteiger partial charge in [0.05, 0.1) is 5.69 Å². The van der Waals surface area contributed by atoms with E-state index in [-0.39, 0.29) is 24.5 Å². The van der Waals surface area contributed by atoms with Gasteiger partial charge in [0.15, 0.2) is 6.61 Å². The number of carbonyl (C=O) groups is 2. The highest BCUT2D eigenvalue weighted by atomic mass is 16.5. The van der Waals surface area contributed by atoms with Crippen LogP contribution in [0.3, 0.4) is 0 Å². The molecule has 1 aromatic carbocycles. The van der Waals surface area contributed by atoms with E-state index in [0.29, 0.717) is 30.3 Å². The molecule has 122 valence electrons. The van der Waals surface area contributed by atoms with E-state index in [2.05, 4.69) is 11.9 Å². The van der Waals surface area contributed by atoms with Crippen LogP contribution >= 0.6 is 0 Å². The summed E-state index contributed by atoms with van der Waals surface area (Å²) in [5, 5.41) is 2.84. The summed E-state index contributed by atoms with van der Waals surface area (Å²) in [6, 6.07) is 5.28. The van der Waals surface area contributed by atoms with Crippen molar-refractivity contribution in [3.05, 3.63) is 30.4 Å². The first-order valence-corrected chi connectivity index (χ1v) is 7.68. The van der Waals surface area contributed by atoms with Crippen molar-refractivity contribution in [3.8, 4) is 5.75 Å². The van der Waals surface area contributed by atoms with Crippen molar-refractivity contribution in [1.29, 1.82) is 0 Å². The van der Waals surface area contributed by atoms with Gasteiger partial charge in [0.1, 0.15) is 11.9 Å². The molecule has 0 aliphatic carbocycles. The second kappa shape index (κ2) is 6.42. The van der Waals surface area contributed by atoms with Crippen LogP contribution in [-0.2, 0) is 14.3 Å². The number of rotatable bonds is 4. The quantitative estimate of drug-likeness (QED) is 0.864. The molecule has 2 heterocycles. The van der Waals surface area contributed by atoms with Crippen LogP contribution < -0.4 is 15.0 Å². The molecule has 0 bridgehead atoms. The zero-order valence-corrected chi connectivity index (χ0v) is 13.1. The van der Waals surface area contributed by atoms with Gasteiger partial charge in [-0.15, -0.1) is 0 Å². The van der Waals surface area contributed by atoms with Gasteiger partial charge in [-0.1, -0.05) is 12.2 Å². The minimum absolute atomic E-state index is 0.0105. The highest BCUT2D eigenvalue weighted by molar-refractivity contribution is 5.99. The maximum absolute atomic E-state index is 12.1. The van der Waals surface area contributed by atoms with Gasteiger partial charge >= 0.3 is 0 Å². The monoisotopic (exact) mass is 316 g/mol. The summed E-state index contributed by atoms with van der Waals surface area (Å²) < 4.78 is 10.9. The Bertz CT molecular complexity index is 650. The minimum atomic E-state index is -0.381. The number of fused-ring (bicyclic) bond motifs is 1. The lowest BCUT2D eigenvalue weighted by Gasteiger charge is -2.29. The largest absolute Gasteiger partial charge is 0.481 e. The molecule has 6 heteroatoms. The Kier molecular flexibility index (Phi) is 4.34. The van der Waals surface area contributed by atoms with Crippen LogP contribution in [0.2, 0.25) is 0 Å². The molecule has 1 aromatic rings. The zero-order valence-electron chi connectivity index (χ0n) is 13.1. The molecule has 0 radical (unpaired) electrons. The molecule has 3 rings (SSSR count). The molecule has 2 aliphatic rings. The number of nitrogens with one attached hydrogen (secondary N) is 1. The van der Waals surface area contributed by atoms with Crippen molar-refractivity contribution in [2.75, 3.05) is 30.0 Å². The standard InChI is InChI=1S/C17H20N2O4/c1-11(2)9-19-13-6-5-12(8-15(13)23-10-16(19)20)18-17(21)14-4-3-7-22-14/h5-6,8,14H,1,3-4,7,9-10H2,2H3,(H,18,21). The van der Waals surface area contributed by atoms with Crippen LogP contribution in [0.15, 0.2) is 30.4 Å². The van der Waals surface area contributed by atoms with Crippen LogP contribution in [0, 0.1) is 0 Å². The lowest BCUT2D eigenvalue weighted by Crippen LogP contribution is -2.39. The molecule has 0 saturated carbocycles. The second-order valence-electron chi connectivity index (χ2n) is 5.90. The number of hydrogen-bond donors (Lipinski definition) is 1. The third-order valence-corrected chi connectivity index (χ3v) is 3.82. The summed E-state index contributed by atoms with van der Waals surface area (Å²) in [6.45, 7) is 6.80. The first-order valence-electron chi connectivity index (χ1n) is 7.68. The number of hydrogen-bond acceptors (Lipinski definition) is 4. The Morgan fingerprint density at radius 3 is 3.00 bits per heavy atom. The van der Waals surface area contributed by atoms with Crippen molar-refractivity contribution in [1.82, 2.24) is 0 Å². The first-order chi connectivity index (χ1) is 11.0. The van der Waals surface area contributed by atoms with Crippen LogP contribution in [0.4, 0.5) is 11.4 Å². The SMILES string of the molecule is C=C(C)CN1C(=O)COc2cc(NC(=O)C3CCCO3)ccc21. The zero-order chi connectivity index (χ0) is 16.4. The van der Waals surface area contributed by atoms with Gasteiger partial charge in [0.25, 0.3) is 11.8 Å². The molecule has 1 fully saturated rings. The van der Waals surface area contributed by atoms with Crippen molar-refractivity contribution in [2.24, 2.45) is 0 Å². The summed E-state index contributed by atoms with van der Waals surface area (Å²) in [4.78, 5) is 25.7. The summed E-state index contributed by atoms with van der Waals surface area (Å²) >= 11 is 0. The fraction of sp³-hybridized carbons (Fsp3) is 0.412. The predicted octanol–water partition coefficient (Wildman–Crippen LogP) is 2.11. The lowest BCUT2D eigenvalue weighted by atomic mass is 10.1. The molecule has 0 spiro atoms. The van der Waals surface area contributed by atoms with E-state index in [1.807, 2.05) is 6.92 Å². The van der Waals surface area contributed by atoms with Gasteiger partial charge < -0.3 is 19.7 Å². The number of carbonyl (C=O) groups excluding carboxylic acids is 2. The molecule has 1 unspecified atom stereocenters. The van der Waals surface area contributed by atoms with Gasteiger partial charge in [-0.2, -0.15) is 0 Å². The molecule has 1 N–H and O–H groups in total. The normalized spacial score (nSPS) is 20.0. The van der Waals surface area contributed by atoms with E-state index in [1.54, 1.807) is 23.1 Å². The third-order valence-electron chi connectivity index (χ3n) is 3.82. The Hall–Kier alpha value is -2.34. The Morgan fingerprint density at radius 1 is 1.48 bits per heavy atom. The highest BCUT2D eigenvalue weighted by Gasteiger charge is 2.27. The van der Waals surface area contributed by atoms with Crippen molar-refractivity contribution in [2.45, 2.75) is 25.9 Å². The van der Waals surface area contributed by atoms with E-state index in [0.717, 1.165) is 18.4 Å². The van der Waals surface area contributed by atoms with E-state index < -0.39 is 0 Å². The number of nitrogens with zero attached hydrogens (tertiary/aromatic N) is 1. The molecule has 0 aromatic heterocycles. The molecule has 23 heavy (non-hydrogen) atoms. The van der Waals surface area contributed by atoms with Crippen LogP contribution in [0.25, 0.3) is 0 Å². The fourth-order valence-corrected chi connectivity index (χ4v) is 2.73. The third kappa shape index (κ3) is 3.37. The average molecular weight is 316 g/mol. The topological polar surface area (TPSA) is 67.9 Å². The summed E-state index contributed by atoms with van der Waals surface area (Å²) in [5.41, 5.74) is 2.22. The van der Waals surface area contributed by atoms with Crippen molar-refractivity contribution < 1.29 is 19.1 Å². The molecule has 2 amide bonds. The molecule has 2 aliphatic heterocycles. The van der Waals surface area contributed by atoms with Crippen molar-refractivity contribution in [3.63, 3.8) is 0 Å². The Morgan fingerprint density at radius 2 is 2.30 bits per heavy atom. The number of anilines is 2. The van der Waals surface area contributed by atoms with E-state index in [1.165, 1.54) is 0 Å². The minimum Gasteiger partial charge on any atom is -0.481 e. The van der Waals surface area contributed by atoms with Crippen LogP contribution in [0.1, 0.15) is 19.8 Å². The van der Waals surface area contributed by atoms with E-state index in [4.69, 9.17) is 9.47 Å². The summed E-state index contributed by atoms with van der Waals surface area (Å²) in [6.07, 6.45) is 1.27. The molecular formula is C17H20N2O4. The number of amides is 2. The van der Waals surface area contributed by atoms with Crippen LogP contribution in [0.5, 0.6) is 5.75 Å². The molecule has 1 atom stereocenters. The molecule has 1 saturated heterocycles. The van der Waals surface area contributed by atoms with E-state index >= 15 is 0 Å². The number of benzene rings is 1. The smallest absolute Gasteiger partial charge is 0.265 e. The maximum Gasteiger partial charge on any atom is 0.265 e. The maximum atomic E-state index is 12.1. The van der Waals surface area contributed by atoms with Gasteiger partial charge in [-0.25, -0.2) is 0 Å². The van der Waals surface area contributed by atoms with E-state index in [9.17, 15) is 9.59 Å². The molecule has 6 nitrogen and oxygen atoms in total. The Labute approximate surface area is 135 Å². The lowest BCUT2D eigenvalue weighted by molar-refractivity contribution is -0.124. The molecular weight excluding hydrogens is 296 g/mol. The average Bonchev–Trinajstić information content (AvgIpc) is 3.04. The van der Waals surface area contributed by atoms with Crippen LogP contribution in [-0.4, -0.2) is 37.7 Å². The first kappa shape index (κ1) is 15.6.